The van der Waals surface area contributed by atoms with Crippen molar-refractivity contribution in [2.24, 2.45) is 0 Å². The predicted molar refractivity (Wildman–Crippen MR) is 108 cm³/mol. The zero-order valence-electron chi connectivity index (χ0n) is 16.1. The van der Waals surface area contributed by atoms with Crippen LogP contribution in [0.2, 0.25) is 0 Å². The van der Waals surface area contributed by atoms with E-state index in [1.807, 2.05) is 36.4 Å². The Labute approximate surface area is 166 Å². The average Bonchev–Trinajstić information content (AvgIpc) is 3.16. The molecule has 2 aliphatic rings. The van der Waals surface area contributed by atoms with Gasteiger partial charge in [-0.2, -0.15) is 0 Å². The summed E-state index contributed by atoms with van der Waals surface area (Å²) in [7, 11) is 0. The van der Waals surface area contributed by atoms with E-state index in [-0.39, 0.29) is 17.5 Å². The number of aryl methyl sites for hydroxylation is 1. The Morgan fingerprint density at radius 1 is 1.21 bits per heavy atom. The molecule has 1 saturated carbocycles. The summed E-state index contributed by atoms with van der Waals surface area (Å²) >= 11 is 0. The number of anilines is 1. The predicted octanol–water partition coefficient (Wildman–Crippen LogP) is 3.58. The molecule has 1 aliphatic carbocycles. The maximum atomic E-state index is 15.2. The number of fused-ring (bicyclic) bond motifs is 1. The van der Waals surface area contributed by atoms with E-state index in [0.29, 0.717) is 23.3 Å². The fourth-order valence-electron chi connectivity index (χ4n) is 4.67. The molecular weight excluding hydrogens is 373 g/mol. The van der Waals surface area contributed by atoms with Gasteiger partial charge in [0.15, 0.2) is 5.82 Å². The minimum atomic E-state index is -1.28. The van der Waals surface area contributed by atoms with Crippen LogP contribution in [0.4, 0.5) is 10.1 Å². The molecule has 1 unspecified atom stereocenters. The van der Waals surface area contributed by atoms with Gasteiger partial charge in [-0.05, 0) is 61.4 Å². The van der Waals surface area contributed by atoms with Gasteiger partial charge in [0.25, 0.3) is 5.56 Å². The topological polar surface area (TPSA) is 67.0 Å². The molecule has 5 rings (SSSR count). The first-order valence-corrected chi connectivity index (χ1v) is 9.94. The third-order valence-corrected chi connectivity index (χ3v) is 6.22. The summed E-state index contributed by atoms with van der Waals surface area (Å²) in [5.74, 6) is -1.54. The van der Waals surface area contributed by atoms with Crippen molar-refractivity contribution in [1.29, 1.82) is 0 Å². The lowest BCUT2D eigenvalue weighted by Crippen LogP contribution is -2.27. The van der Waals surface area contributed by atoms with E-state index in [0.717, 1.165) is 31.4 Å². The van der Waals surface area contributed by atoms with E-state index in [9.17, 15) is 14.7 Å². The van der Waals surface area contributed by atoms with E-state index < -0.39 is 17.3 Å². The molecule has 1 saturated heterocycles. The quantitative estimate of drug-likeness (QED) is 0.733. The highest BCUT2D eigenvalue weighted by atomic mass is 19.1. The molecule has 3 aromatic heterocycles. The minimum absolute atomic E-state index is 0.229. The van der Waals surface area contributed by atoms with Gasteiger partial charge in [0.05, 0.1) is 23.4 Å². The molecule has 1 atom stereocenters. The number of carboxylic acid groups (broad SMARTS) is 1. The Morgan fingerprint density at radius 2 is 1.93 bits per heavy atom. The number of halogens is 1. The molecule has 3 aromatic rings. The normalized spacial score (nSPS) is 19.2. The molecule has 7 heteroatoms. The number of aromatic nitrogens is 2. The molecule has 4 heterocycles. The number of carboxylic acids is 1. The molecule has 1 aliphatic heterocycles. The maximum Gasteiger partial charge on any atom is 0.341 e. The van der Waals surface area contributed by atoms with Gasteiger partial charge >= 0.3 is 5.97 Å². The summed E-state index contributed by atoms with van der Waals surface area (Å²) in [6.07, 6.45) is 8.04. The van der Waals surface area contributed by atoms with Crippen molar-refractivity contribution in [3.05, 3.63) is 69.7 Å². The first-order chi connectivity index (χ1) is 14.0. The van der Waals surface area contributed by atoms with Crippen LogP contribution in [-0.2, 0) is 0 Å². The third-order valence-electron chi connectivity index (χ3n) is 6.22. The summed E-state index contributed by atoms with van der Waals surface area (Å²) in [6.45, 7) is 3.26. The summed E-state index contributed by atoms with van der Waals surface area (Å²) in [5, 5.41) is 9.42. The van der Waals surface area contributed by atoms with Gasteiger partial charge in [-0.1, -0.05) is 0 Å². The van der Waals surface area contributed by atoms with Gasteiger partial charge in [-0.15, -0.1) is 0 Å². The number of carbonyl (C=O) groups is 1. The number of pyridine rings is 2. The Hall–Kier alpha value is -3.09. The summed E-state index contributed by atoms with van der Waals surface area (Å²) in [5.41, 5.74) is 1.73. The number of hydrogen-bond acceptors (Lipinski definition) is 3. The highest BCUT2D eigenvalue weighted by Crippen LogP contribution is 2.44. The van der Waals surface area contributed by atoms with Crippen LogP contribution in [-0.4, -0.2) is 33.1 Å². The van der Waals surface area contributed by atoms with Crippen molar-refractivity contribution in [3.63, 3.8) is 0 Å². The Kier molecular flexibility index (Phi) is 4.01. The first-order valence-electron chi connectivity index (χ1n) is 9.94. The number of aromatic carboxylic acids is 1. The molecule has 1 N–H and O–H groups in total. The Balaban J connectivity index is 1.66. The van der Waals surface area contributed by atoms with E-state index >= 15 is 4.39 Å². The van der Waals surface area contributed by atoms with Crippen molar-refractivity contribution < 1.29 is 14.3 Å². The molecule has 0 aromatic carbocycles. The van der Waals surface area contributed by atoms with E-state index in [1.54, 1.807) is 0 Å². The van der Waals surface area contributed by atoms with Crippen molar-refractivity contribution in [2.75, 3.05) is 18.0 Å². The lowest BCUT2D eigenvalue weighted by molar-refractivity contribution is 0.0694. The van der Waals surface area contributed by atoms with Crippen LogP contribution in [0.5, 0.6) is 0 Å². The zero-order valence-corrected chi connectivity index (χ0v) is 16.1. The van der Waals surface area contributed by atoms with Gasteiger partial charge in [0, 0.05) is 25.5 Å². The third kappa shape index (κ3) is 2.84. The number of rotatable bonds is 4. The first kappa shape index (κ1) is 18.0. The van der Waals surface area contributed by atoms with Gasteiger partial charge in [-0.25, -0.2) is 9.18 Å². The van der Waals surface area contributed by atoms with Crippen molar-refractivity contribution in [1.82, 2.24) is 8.97 Å². The average molecular weight is 395 g/mol. The molecule has 6 nitrogen and oxygen atoms in total. The summed E-state index contributed by atoms with van der Waals surface area (Å²) < 4.78 is 18.6. The van der Waals surface area contributed by atoms with Gasteiger partial charge in [0.1, 0.15) is 5.56 Å². The smallest absolute Gasteiger partial charge is 0.341 e. The van der Waals surface area contributed by atoms with Crippen LogP contribution in [0.3, 0.4) is 0 Å². The highest BCUT2D eigenvalue weighted by Gasteiger charge is 2.32. The second-order valence-electron chi connectivity index (χ2n) is 8.09. The van der Waals surface area contributed by atoms with Crippen LogP contribution in [0.15, 0.2) is 41.6 Å². The van der Waals surface area contributed by atoms with Crippen LogP contribution < -0.4 is 10.5 Å². The fourth-order valence-corrected chi connectivity index (χ4v) is 4.67. The second-order valence-corrected chi connectivity index (χ2v) is 8.09. The van der Waals surface area contributed by atoms with Crippen LogP contribution in [0.25, 0.3) is 5.52 Å². The lowest BCUT2D eigenvalue weighted by atomic mass is 10.0. The number of hydrogen-bond donors (Lipinski definition) is 1. The van der Waals surface area contributed by atoms with Crippen molar-refractivity contribution in [2.45, 2.75) is 38.1 Å². The Bertz CT molecular complexity index is 1180. The molecule has 0 spiro atoms. The molecule has 2 fully saturated rings. The molecule has 0 amide bonds. The largest absolute Gasteiger partial charge is 0.477 e. The van der Waals surface area contributed by atoms with E-state index in [1.165, 1.54) is 16.7 Å². The van der Waals surface area contributed by atoms with E-state index in [2.05, 4.69) is 4.57 Å². The van der Waals surface area contributed by atoms with Crippen LogP contribution in [0, 0.1) is 12.7 Å². The Morgan fingerprint density at radius 3 is 2.59 bits per heavy atom. The fraction of sp³-hybridized carbons (Fsp3) is 0.364. The molecular formula is C22H22FN3O3. The standard InChI is InChI=1S/C22H22FN3O3/c1-13-19-16(14-4-5-14)10-17(22(28)29)21(27)26(19)12-18(23)20(13)25-9-6-15(11-25)24-7-2-3-8-24/h2-3,7-8,10,12,14-15H,4-6,9,11H2,1H3,(H,28,29). The SMILES string of the molecule is Cc1c(N2CCC(n3cccc3)C2)c(F)cn2c(=O)c(C(=O)O)cc(C3CC3)c12. The van der Waals surface area contributed by atoms with Crippen LogP contribution >= 0.6 is 0 Å². The maximum absolute atomic E-state index is 15.2. The van der Waals surface area contributed by atoms with Crippen LogP contribution in [0.1, 0.15) is 52.7 Å². The molecule has 0 radical (unpaired) electrons. The monoisotopic (exact) mass is 395 g/mol. The summed E-state index contributed by atoms with van der Waals surface area (Å²) in [4.78, 5) is 26.3. The number of nitrogens with zero attached hydrogens (tertiary/aromatic N) is 3. The van der Waals surface area contributed by atoms with Gasteiger partial charge in [0.2, 0.25) is 0 Å². The molecule has 0 bridgehead atoms. The molecule has 29 heavy (non-hydrogen) atoms. The lowest BCUT2D eigenvalue weighted by Gasteiger charge is -2.24. The summed E-state index contributed by atoms with van der Waals surface area (Å²) in [6, 6.07) is 5.75. The molecule has 150 valence electrons. The van der Waals surface area contributed by atoms with E-state index in [4.69, 9.17) is 0 Å². The van der Waals surface area contributed by atoms with Gasteiger partial charge < -0.3 is 14.6 Å². The zero-order chi connectivity index (χ0) is 20.3. The van der Waals surface area contributed by atoms with Crippen molar-refractivity contribution >= 4 is 17.2 Å². The minimum Gasteiger partial charge on any atom is -0.477 e. The highest BCUT2D eigenvalue weighted by molar-refractivity contribution is 5.89. The van der Waals surface area contributed by atoms with Gasteiger partial charge in [-0.3, -0.25) is 9.20 Å². The second kappa shape index (κ2) is 6.47. The van der Waals surface area contributed by atoms with Crippen molar-refractivity contribution in [3.8, 4) is 0 Å².